The van der Waals surface area contributed by atoms with Crippen LogP contribution in [-0.4, -0.2) is 0 Å². The maximum Gasteiger partial charge on any atom is 0.137 e. The minimum Gasteiger partial charge on any atom is -0.207 e. The first-order valence-electron chi connectivity index (χ1n) is 5.03. The SMILES string of the molecule is Fc1cc(C(Br)c2ccccc2F)c(F)cc1Br. The van der Waals surface area contributed by atoms with E-state index in [2.05, 4.69) is 31.9 Å². The van der Waals surface area contributed by atoms with Crippen LogP contribution in [0.2, 0.25) is 0 Å². The molecule has 0 radical (unpaired) electrons. The molecule has 0 aromatic heterocycles. The standard InChI is InChI=1S/C13H7Br2F3/c14-9-6-11(17)8(5-12(9)18)13(15)7-3-1-2-4-10(7)16/h1-6,13H. The smallest absolute Gasteiger partial charge is 0.137 e. The van der Waals surface area contributed by atoms with Gasteiger partial charge in [-0.25, -0.2) is 13.2 Å². The molecule has 0 saturated carbocycles. The van der Waals surface area contributed by atoms with Gasteiger partial charge in [-0.2, -0.15) is 0 Å². The lowest BCUT2D eigenvalue weighted by molar-refractivity contribution is 0.577. The molecule has 0 bridgehead atoms. The largest absolute Gasteiger partial charge is 0.207 e. The lowest BCUT2D eigenvalue weighted by Gasteiger charge is -2.13. The van der Waals surface area contributed by atoms with E-state index < -0.39 is 22.3 Å². The van der Waals surface area contributed by atoms with Gasteiger partial charge in [-0.05, 0) is 34.1 Å². The number of hydrogen-bond acceptors (Lipinski definition) is 0. The van der Waals surface area contributed by atoms with Crippen molar-refractivity contribution in [1.82, 2.24) is 0 Å². The first-order valence-corrected chi connectivity index (χ1v) is 6.74. The Morgan fingerprint density at radius 1 is 0.833 bits per heavy atom. The first kappa shape index (κ1) is 13.6. The van der Waals surface area contributed by atoms with Crippen molar-refractivity contribution in [2.24, 2.45) is 0 Å². The highest BCUT2D eigenvalue weighted by Gasteiger charge is 2.19. The Kier molecular flexibility index (Phi) is 4.12. The molecule has 1 atom stereocenters. The summed E-state index contributed by atoms with van der Waals surface area (Å²) in [6, 6.07) is 8.05. The number of benzene rings is 2. The molecule has 2 aromatic carbocycles. The molecule has 2 rings (SSSR count). The van der Waals surface area contributed by atoms with Crippen LogP contribution >= 0.6 is 31.9 Å². The molecule has 94 valence electrons. The van der Waals surface area contributed by atoms with Crippen molar-refractivity contribution >= 4 is 31.9 Å². The molecule has 0 nitrogen and oxygen atoms in total. The Labute approximate surface area is 119 Å². The van der Waals surface area contributed by atoms with Crippen molar-refractivity contribution in [3.8, 4) is 0 Å². The van der Waals surface area contributed by atoms with Crippen molar-refractivity contribution < 1.29 is 13.2 Å². The lowest BCUT2D eigenvalue weighted by atomic mass is 10.0. The molecular weight excluding hydrogens is 373 g/mol. The molecule has 0 heterocycles. The van der Waals surface area contributed by atoms with Crippen LogP contribution in [-0.2, 0) is 0 Å². The van der Waals surface area contributed by atoms with Crippen LogP contribution in [0.15, 0.2) is 40.9 Å². The van der Waals surface area contributed by atoms with Gasteiger partial charge in [0.1, 0.15) is 17.5 Å². The molecule has 0 aliphatic rings. The zero-order chi connectivity index (χ0) is 13.3. The lowest BCUT2D eigenvalue weighted by Crippen LogP contribution is -2.00. The minimum absolute atomic E-state index is 0.0389. The summed E-state index contributed by atoms with van der Waals surface area (Å²) in [7, 11) is 0. The number of hydrogen-bond donors (Lipinski definition) is 0. The predicted octanol–water partition coefficient (Wildman–Crippen LogP) is 5.35. The van der Waals surface area contributed by atoms with Crippen LogP contribution in [0.1, 0.15) is 16.0 Å². The van der Waals surface area contributed by atoms with Gasteiger partial charge in [0.15, 0.2) is 0 Å². The van der Waals surface area contributed by atoms with E-state index >= 15 is 0 Å². The molecule has 0 saturated heterocycles. The van der Waals surface area contributed by atoms with E-state index in [-0.39, 0.29) is 15.6 Å². The number of alkyl halides is 1. The van der Waals surface area contributed by atoms with E-state index in [0.29, 0.717) is 0 Å². The van der Waals surface area contributed by atoms with Gasteiger partial charge in [0.2, 0.25) is 0 Å². The highest BCUT2D eigenvalue weighted by Crippen LogP contribution is 2.35. The average Bonchev–Trinajstić information content (AvgIpc) is 2.33. The summed E-state index contributed by atoms with van der Waals surface area (Å²) < 4.78 is 40.8. The normalized spacial score (nSPS) is 12.5. The van der Waals surface area contributed by atoms with E-state index in [9.17, 15) is 13.2 Å². The van der Waals surface area contributed by atoms with E-state index in [1.165, 1.54) is 18.2 Å². The van der Waals surface area contributed by atoms with Crippen molar-refractivity contribution in [3.05, 3.63) is 69.4 Å². The van der Waals surface area contributed by atoms with Gasteiger partial charge >= 0.3 is 0 Å². The summed E-state index contributed by atoms with van der Waals surface area (Å²) in [5.74, 6) is -1.66. The van der Waals surface area contributed by atoms with Crippen molar-refractivity contribution in [2.45, 2.75) is 4.83 Å². The summed E-state index contributed by atoms with van der Waals surface area (Å²) in [5, 5.41) is 0. The quantitative estimate of drug-likeness (QED) is 0.487. The van der Waals surface area contributed by atoms with Crippen LogP contribution in [0.4, 0.5) is 13.2 Å². The Morgan fingerprint density at radius 3 is 2.17 bits per heavy atom. The predicted molar refractivity (Wildman–Crippen MR) is 71.2 cm³/mol. The molecule has 0 amide bonds. The molecule has 1 unspecified atom stereocenters. The highest BCUT2D eigenvalue weighted by atomic mass is 79.9. The minimum atomic E-state index is -0.735. The van der Waals surface area contributed by atoms with Crippen LogP contribution in [0.3, 0.4) is 0 Å². The molecule has 0 aliphatic carbocycles. The van der Waals surface area contributed by atoms with E-state index in [4.69, 9.17) is 0 Å². The highest BCUT2D eigenvalue weighted by molar-refractivity contribution is 9.10. The van der Waals surface area contributed by atoms with Gasteiger partial charge in [0.05, 0.1) is 9.30 Å². The molecule has 0 fully saturated rings. The Morgan fingerprint density at radius 2 is 1.50 bits per heavy atom. The van der Waals surface area contributed by atoms with Gasteiger partial charge in [-0.1, -0.05) is 34.1 Å². The van der Waals surface area contributed by atoms with E-state index in [1.54, 1.807) is 6.07 Å². The number of halogens is 5. The molecular formula is C13H7Br2F3. The molecule has 2 aromatic rings. The summed E-state index contributed by atoms with van der Waals surface area (Å²) in [5.41, 5.74) is 0.318. The zero-order valence-electron chi connectivity index (χ0n) is 8.93. The van der Waals surface area contributed by atoms with Crippen LogP contribution in [0.25, 0.3) is 0 Å². The van der Waals surface area contributed by atoms with Crippen LogP contribution in [0.5, 0.6) is 0 Å². The Hall–Kier alpha value is -0.810. The Bertz CT molecular complexity index is 584. The van der Waals surface area contributed by atoms with Gasteiger partial charge in [-0.15, -0.1) is 0 Å². The second-order valence-corrected chi connectivity index (χ2v) is 5.44. The molecule has 0 N–H and O–H groups in total. The van der Waals surface area contributed by atoms with Gasteiger partial charge in [0, 0.05) is 11.1 Å². The Balaban J connectivity index is 2.50. The van der Waals surface area contributed by atoms with E-state index in [0.717, 1.165) is 12.1 Å². The van der Waals surface area contributed by atoms with Crippen molar-refractivity contribution in [1.29, 1.82) is 0 Å². The fraction of sp³-hybridized carbons (Fsp3) is 0.0769. The van der Waals surface area contributed by atoms with E-state index in [1.807, 2.05) is 0 Å². The van der Waals surface area contributed by atoms with Gasteiger partial charge in [-0.3, -0.25) is 0 Å². The molecule has 18 heavy (non-hydrogen) atoms. The zero-order valence-corrected chi connectivity index (χ0v) is 12.1. The third-order valence-corrected chi connectivity index (χ3v) is 4.09. The fourth-order valence-corrected chi connectivity index (χ4v) is 2.62. The summed E-state index contributed by atoms with van der Waals surface area (Å²) in [6.45, 7) is 0. The third-order valence-electron chi connectivity index (χ3n) is 2.49. The van der Waals surface area contributed by atoms with Crippen molar-refractivity contribution in [2.75, 3.05) is 0 Å². The van der Waals surface area contributed by atoms with Crippen molar-refractivity contribution in [3.63, 3.8) is 0 Å². The maximum atomic E-state index is 13.7. The fourth-order valence-electron chi connectivity index (χ4n) is 1.58. The average molecular weight is 380 g/mol. The summed E-state index contributed by atoms with van der Waals surface area (Å²) in [6.07, 6.45) is 0. The second kappa shape index (κ2) is 5.45. The topological polar surface area (TPSA) is 0 Å². The molecule has 5 heteroatoms. The summed E-state index contributed by atoms with van der Waals surface area (Å²) in [4.78, 5) is -0.735. The molecule has 0 spiro atoms. The van der Waals surface area contributed by atoms with Crippen LogP contribution < -0.4 is 0 Å². The van der Waals surface area contributed by atoms with Crippen LogP contribution in [0, 0.1) is 17.5 Å². The second-order valence-electron chi connectivity index (χ2n) is 3.67. The monoisotopic (exact) mass is 378 g/mol. The third kappa shape index (κ3) is 2.62. The molecule has 0 aliphatic heterocycles. The maximum absolute atomic E-state index is 13.7. The first-order chi connectivity index (χ1) is 8.50. The number of rotatable bonds is 2. The van der Waals surface area contributed by atoms with Gasteiger partial charge in [0.25, 0.3) is 0 Å². The van der Waals surface area contributed by atoms with Gasteiger partial charge < -0.3 is 0 Å². The summed E-state index contributed by atoms with van der Waals surface area (Å²) >= 11 is 6.09.